The van der Waals surface area contributed by atoms with Gasteiger partial charge in [0.2, 0.25) is 0 Å². The number of carbonyl (C=O) groups is 1. The summed E-state index contributed by atoms with van der Waals surface area (Å²) in [6, 6.07) is 7.21. The Morgan fingerprint density at radius 3 is 2.93 bits per heavy atom. The Morgan fingerprint density at radius 1 is 1.43 bits per heavy atom. The zero-order chi connectivity index (χ0) is 10.1. The molecule has 1 heterocycles. The molecule has 14 heavy (non-hydrogen) atoms. The molecule has 0 aliphatic heterocycles. The number of fused-ring (bicyclic) bond motifs is 1. The summed E-state index contributed by atoms with van der Waals surface area (Å²) < 4.78 is 1.53. The van der Waals surface area contributed by atoms with Crippen molar-refractivity contribution in [1.82, 2.24) is 9.88 Å². The van der Waals surface area contributed by atoms with E-state index < -0.39 is 0 Å². The monoisotopic (exact) mass is 189 g/mol. The Kier molecular flexibility index (Phi) is 1.89. The maximum Gasteiger partial charge on any atom is 0.325 e. The minimum absolute atomic E-state index is 0.161. The molecule has 0 spiro atoms. The van der Waals surface area contributed by atoms with Crippen LogP contribution in [0.15, 0.2) is 30.5 Å². The molecule has 0 fully saturated rings. The SMILES string of the molecule is CNC(=O)n1ccc2ccc(N)cc21. The number of carbonyl (C=O) groups excluding carboxylic acids is 1. The van der Waals surface area contributed by atoms with Crippen molar-refractivity contribution in [3.8, 4) is 0 Å². The summed E-state index contributed by atoms with van der Waals surface area (Å²) in [5, 5.41) is 3.56. The van der Waals surface area contributed by atoms with E-state index in [1.807, 2.05) is 18.2 Å². The number of rotatable bonds is 0. The summed E-state index contributed by atoms with van der Waals surface area (Å²) in [6.45, 7) is 0. The average Bonchev–Trinajstić information content (AvgIpc) is 2.59. The summed E-state index contributed by atoms with van der Waals surface area (Å²) in [5.41, 5.74) is 7.13. The van der Waals surface area contributed by atoms with Crippen LogP contribution in [0.2, 0.25) is 0 Å². The highest BCUT2D eigenvalue weighted by molar-refractivity contribution is 5.92. The van der Waals surface area contributed by atoms with Crippen LogP contribution in [-0.4, -0.2) is 17.6 Å². The highest BCUT2D eigenvalue weighted by atomic mass is 16.2. The van der Waals surface area contributed by atoms with Gasteiger partial charge >= 0.3 is 6.03 Å². The lowest BCUT2D eigenvalue weighted by atomic mass is 10.2. The lowest BCUT2D eigenvalue weighted by Gasteiger charge is -2.02. The molecule has 2 rings (SSSR count). The lowest BCUT2D eigenvalue weighted by Crippen LogP contribution is -2.23. The quantitative estimate of drug-likeness (QED) is 0.615. The van der Waals surface area contributed by atoms with Gasteiger partial charge in [-0.3, -0.25) is 4.57 Å². The Bertz CT molecular complexity index is 487. The molecule has 1 aromatic carbocycles. The second-order valence-electron chi connectivity index (χ2n) is 3.06. The lowest BCUT2D eigenvalue weighted by molar-refractivity contribution is 0.245. The van der Waals surface area contributed by atoms with Crippen molar-refractivity contribution >= 4 is 22.6 Å². The highest BCUT2D eigenvalue weighted by Gasteiger charge is 2.06. The van der Waals surface area contributed by atoms with Crippen molar-refractivity contribution in [3.05, 3.63) is 30.5 Å². The molecule has 0 aliphatic carbocycles. The van der Waals surface area contributed by atoms with Gasteiger partial charge < -0.3 is 11.1 Å². The molecule has 0 atom stereocenters. The van der Waals surface area contributed by atoms with E-state index in [9.17, 15) is 4.79 Å². The number of nitrogen functional groups attached to an aromatic ring is 1. The van der Waals surface area contributed by atoms with Crippen LogP contribution >= 0.6 is 0 Å². The number of amides is 1. The topological polar surface area (TPSA) is 60.0 Å². The molecule has 4 heteroatoms. The van der Waals surface area contributed by atoms with Crippen LogP contribution in [0.3, 0.4) is 0 Å². The first kappa shape index (κ1) is 8.62. The third-order valence-electron chi connectivity index (χ3n) is 2.15. The molecule has 3 N–H and O–H groups in total. The fourth-order valence-corrected chi connectivity index (χ4v) is 1.44. The maximum absolute atomic E-state index is 11.4. The largest absolute Gasteiger partial charge is 0.399 e. The van der Waals surface area contributed by atoms with Crippen molar-refractivity contribution < 1.29 is 4.79 Å². The maximum atomic E-state index is 11.4. The van der Waals surface area contributed by atoms with E-state index >= 15 is 0 Å². The second kappa shape index (κ2) is 3.06. The minimum Gasteiger partial charge on any atom is -0.399 e. The molecule has 0 saturated carbocycles. The van der Waals surface area contributed by atoms with Gasteiger partial charge in [0.1, 0.15) is 0 Å². The van der Waals surface area contributed by atoms with Crippen molar-refractivity contribution in [2.75, 3.05) is 12.8 Å². The smallest absolute Gasteiger partial charge is 0.325 e. The summed E-state index contributed by atoms with van der Waals surface area (Å²) in [6.07, 6.45) is 1.73. The summed E-state index contributed by atoms with van der Waals surface area (Å²) in [7, 11) is 1.60. The van der Waals surface area contributed by atoms with Crippen molar-refractivity contribution in [2.45, 2.75) is 0 Å². The van der Waals surface area contributed by atoms with Crippen molar-refractivity contribution in [1.29, 1.82) is 0 Å². The van der Waals surface area contributed by atoms with E-state index in [1.54, 1.807) is 19.3 Å². The molecule has 0 saturated heterocycles. The van der Waals surface area contributed by atoms with E-state index in [0.29, 0.717) is 5.69 Å². The molecule has 0 radical (unpaired) electrons. The number of nitrogens with one attached hydrogen (secondary N) is 1. The van der Waals surface area contributed by atoms with Crippen LogP contribution in [0.4, 0.5) is 10.5 Å². The van der Waals surface area contributed by atoms with E-state index in [0.717, 1.165) is 10.9 Å². The van der Waals surface area contributed by atoms with Crippen LogP contribution in [0.1, 0.15) is 0 Å². The van der Waals surface area contributed by atoms with Crippen LogP contribution < -0.4 is 11.1 Å². The van der Waals surface area contributed by atoms with Gasteiger partial charge in [-0.1, -0.05) is 6.07 Å². The summed E-state index contributed by atoms with van der Waals surface area (Å²) in [5.74, 6) is 0. The predicted octanol–water partition coefficient (Wildman–Crippen LogP) is 1.41. The normalized spacial score (nSPS) is 10.4. The molecular formula is C10H11N3O. The molecule has 4 nitrogen and oxygen atoms in total. The van der Waals surface area contributed by atoms with E-state index in [-0.39, 0.29) is 6.03 Å². The third kappa shape index (κ3) is 1.21. The first-order valence-electron chi connectivity index (χ1n) is 4.31. The first-order valence-corrected chi connectivity index (χ1v) is 4.31. The highest BCUT2D eigenvalue weighted by Crippen LogP contribution is 2.18. The van der Waals surface area contributed by atoms with Gasteiger partial charge in [-0.15, -0.1) is 0 Å². The molecule has 72 valence electrons. The van der Waals surface area contributed by atoms with Crippen LogP contribution in [0, 0.1) is 0 Å². The second-order valence-corrected chi connectivity index (χ2v) is 3.06. The van der Waals surface area contributed by atoms with E-state index in [1.165, 1.54) is 4.57 Å². The molecule has 2 aromatic rings. The first-order chi connectivity index (χ1) is 6.72. The Balaban J connectivity index is 2.67. The number of nitrogens with zero attached hydrogens (tertiary/aromatic N) is 1. The zero-order valence-electron chi connectivity index (χ0n) is 7.82. The number of hydrogen-bond donors (Lipinski definition) is 2. The molecule has 0 bridgehead atoms. The summed E-state index contributed by atoms with van der Waals surface area (Å²) in [4.78, 5) is 11.4. The van der Waals surface area contributed by atoms with Crippen LogP contribution in [0.5, 0.6) is 0 Å². The standard InChI is InChI=1S/C10H11N3O/c1-12-10(14)13-5-4-7-2-3-8(11)6-9(7)13/h2-6H,11H2,1H3,(H,12,14). The van der Waals surface area contributed by atoms with Gasteiger partial charge in [0.15, 0.2) is 0 Å². The molecule has 0 unspecified atom stereocenters. The van der Waals surface area contributed by atoms with Gasteiger partial charge in [0, 0.05) is 24.3 Å². The van der Waals surface area contributed by atoms with Gasteiger partial charge in [-0.25, -0.2) is 4.79 Å². The number of aromatic nitrogens is 1. The van der Waals surface area contributed by atoms with E-state index in [2.05, 4.69) is 5.32 Å². The third-order valence-corrected chi connectivity index (χ3v) is 2.15. The van der Waals surface area contributed by atoms with Crippen LogP contribution in [-0.2, 0) is 0 Å². The van der Waals surface area contributed by atoms with Gasteiger partial charge in [0.25, 0.3) is 0 Å². The minimum atomic E-state index is -0.161. The predicted molar refractivity (Wildman–Crippen MR) is 56.2 cm³/mol. The fraction of sp³-hybridized carbons (Fsp3) is 0.100. The zero-order valence-corrected chi connectivity index (χ0v) is 7.82. The molecular weight excluding hydrogens is 178 g/mol. The number of nitrogens with two attached hydrogens (primary N) is 1. The van der Waals surface area contributed by atoms with Gasteiger partial charge in [-0.05, 0) is 18.2 Å². The number of anilines is 1. The Morgan fingerprint density at radius 2 is 2.21 bits per heavy atom. The van der Waals surface area contributed by atoms with Crippen molar-refractivity contribution in [2.24, 2.45) is 0 Å². The van der Waals surface area contributed by atoms with E-state index in [4.69, 9.17) is 5.73 Å². The van der Waals surface area contributed by atoms with Gasteiger partial charge in [-0.2, -0.15) is 0 Å². The van der Waals surface area contributed by atoms with Crippen molar-refractivity contribution in [3.63, 3.8) is 0 Å². The molecule has 0 aliphatic rings. The molecule has 1 aromatic heterocycles. The molecule has 1 amide bonds. The van der Waals surface area contributed by atoms with Gasteiger partial charge in [0.05, 0.1) is 5.52 Å². The number of benzene rings is 1. The average molecular weight is 189 g/mol. The fourth-order valence-electron chi connectivity index (χ4n) is 1.44. The summed E-state index contributed by atoms with van der Waals surface area (Å²) >= 11 is 0. The Labute approximate surface area is 81.3 Å². The number of hydrogen-bond acceptors (Lipinski definition) is 2. The Hall–Kier alpha value is -1.97. The van der Waals surface area contributed by atoms with Crippen LogP contribution in [0.25, 0.3) is 10.9 Å².